The number of carbonyl (C=O) groups is 1. The smallest absolute Gasteiger partial charge is 0.257 e. The third-order valence-electron chi connectivity index (χ3n) is 2.36. The molecule has 0 radical (unpaired) electrons. The Morgan fingerprint density at radius 1 is 1.17 bits per heavy atom. The highest BCUT2D eigenvalue weighted by Gasteiger charge is 2.10. The van der Waals surface area contributed by atoms with Crippen molar-refractivity contribution in [3.63, 3.8) is 0 Å². The summed E-state index contributed by atoms with van der Waals surface area (Å²) in [5, 5.41) is 3.18. The van der Waals surface area contributed by atoms with Crippen LogP contribution in [0.1, 0.15) is 10.4 Å². The first kappa shape index (κ1) is 12.4. The molecule has 0 spiro atoms. The molecule has 0 aliphatic carbocycles. The fraction of sp³-hybridized carbons (Fsp3) is 0. The zero-order valence-corrected chi connectivity index (χ0v) is 10.0. The lowest BCUT2D eigenvalue weighted by Crippen LogP contribution is -2.14. The summed E-state index contributed by atoms with van der Waals surface area (Å²) in [5.41, 5.74) is 6.51. The van der Waals surface area contributed by atoms with Gasteiger partial charge in [-0.3, -0.25) is 4.79 Å². The number of hydrogen-bond donors (Lipinski definition) is 2. The molecule has 0 atom stereocenters. The number of rotatable bonds is 2. The number of hydrogen-bond acceptors (Lipinski definition) is 2. The molecular formula is C13H10ClFN2O. The summed E-state index contributed by atoms with van der Waals surface area (Å²) in [6, 6.07) is 10.2. The number of nitrogen functional groups attached to an aromatic ring is 1. The Morgan fingerprint density at radius 2 is 1.83 bits per heavy atom. The van der Waals surface area contributed by atoms with Crippen molar-refractivity contribution in [1.29, 1.82) is 0 Å². The molecule has 0 bridgehead atoms. The largest absolute Gasteiger partial charge is 0.398 e. The molecule has 92 valence electrons. The highest BCUT2D eigenvalue weighted by molar-refractivity contribution is 6.30. The zero-order valence-electron chi connectivity index (χ0n) is 9.28. The lowest BCUT2D eigenvalue weighted by molar-refractivity contribution is 0.102. The highest BCUT2D eigenvalue weighted by Crippen LogP contribution is 2.17. The molecule has 0 aromatic heterocycles. The molecule has 1 amide bonds. The molecule has 18 heavy (non-hydrogen) atoms. The van der Waals surface area contributed by atoms with Gasteiger partial charge < -0.3 is 11.1 Å². The second kappa shape index (κ2) is 5.06. The first-order chi connectivity index (χ1) is 8.56. The molecule has 0 saturated carbocycles. The van der Waals surface area contributed by atoms with Crippen LogP contribution < -0.4 is 11.1 Å². The van der Waals surface area contributed by atoms with Gasteiger partial charge in [0.2, 0.25) is 0 Å². The minimum absolute atomic E-state index is 0.102. The molecule has 2 aromatic carbocycles. The van der Waals surface area contributed by atoms with Crippen molar-refractivity contribution >= 4 is 28.9 Å². The van der Waals surface area contributed by atoms with Crippen molar-refractivity contribution in [2.45, 2.75) is 0 Å². The Morgan fingerprint density at radius 3 is 2.50 bits per heavy atom. The van der Waals surface area contributed by atoms with Gasteiger partial charge in [-0.15, -0.1) is 0 Å². The maximum absolute atomic E-state index is 13.0. The molecule has 0 heterocycles. The van der Waals surface area contributed by atoms with Gasteiger partial charge in [-0.2, -0.15) is 0 Å². The SMILES string of the molecule is Nc1ccc(F)cc1C(=O)Nc1ccc(Cl)cc1. The standard InChI is InChI=1S/C13H10ClFN2O/c14-8-1-4-10(5-2-8)17-13(18)11-7-9(15)3-6-12(11)16/h1-7H,16H2,(H,17,18). The van der Waals surface area contributed by atoms with Gasteiger partial charge in [0, 0.05) is 16.4 Å². The Labute approximate surface area is 108 Å². The molecule has 5 heteroatoms. The summed E-state index contributed by atoms with van der Waals surface area (Å²) in [6.07, 6.45) is 0. The molecule has 0 aliphatic rings. The van der Waals surface area contributed by atoms with Gasteiger partial charge in [0.25, 0.3) is 5.91 Å². The molecular weight excluding hydrogens is 255 g/mol. The second-order valence-corrected chi connectivity index (χ2v) is 4.13. The topological polar surface area (TPSA) is 55.1 Å². The van der Waals surface area contributed by atoms with Crippen molar-refractivity contribution < 1.29 is 9.18 Å². The van der Waals surface area contributed by atoms with E-state index in [1.54, 1.807) is 24.3 Å². The van der Waals surface area contributed by atoms with Crippen LogP contribution in [-0.4, -0.2) is 5.91 Å². The Kier molecular flexibility index (Phi) is 3.48. The lowest BCUT2D eigenvalue weighted by atomic mass is 10.1. The first-order valence-corrected chi connectivity index (χ1v) is 5.56. The number of benzene rings is 2. The normalized spacial score (nSPS) is 10.1. The van der Waals surface area contributed by atoms with Crippen LogP contribution in [0, 0.1) is 5.82 Å². The lowest BCUT2D eigenvalue weighted by Gasteiger charge is -2.07. The van der Waals surface area contributed by atoms with Crippen molar-refractivity contribution in [3.05, 3.63) is 58.9 Å². The zero-order chi connectivity index (χ0) is 13.1. The summed E-state index contributed by atoms with van der Waals surface area (Å²) < 4.78 is 13.0. The number of amides is 1. The van der Waals surface area contributed by atoms with Gasteiger partial charge in [0.1, 0.15) is 5.82 Å². The molecule has 0 fully saturated rings. The summed E-state index contributed by atoms with van der Waals surface area (Å²) in [7, 11) is 0. The van der Waals surface area contributed by atoms with Crippen molar-refractivity contribution in [2.75, 3.05) is 11.1 Å². The fourth-order valence-electron chi connectivity index (χ4n) is 1.46. The van der Waals surface area contributed by atoms with Gasteiger partial charge in [-0.1, -0.05) is 11.6 Å². The van der Waals surface area contributed by atoms with Crippen LogP contribution in [0.25, 0.3) is 0 Å². The summed E-state index contributed by atoms with van der Waals surface area (Å²) >= 11 is 5.73. The van der Waals surface area contributed by atoms with E-state index in [0.29, 0.717) is 10.7 Å². The highest BCUT2D eigenvalue weighted by atomic mass is 35.5. The van der Waals surface area contributed by atoms with Crippen LogP contribution in [0.4, 0.5) is 15.8 Å². The molecule has 2 rings (SSSR count). The summed E-state index contributed by atoms with van der Waals surface area (Å²) in [5.74, 6) is -0.972. The van der Waals surface area contributed by atoms with Crippen LogP contribution in [0.15, 0.2) is 42.5 Å². The van der Waals surface area contributed by atoms with E-state index in [1.165, 1.54) is 12.1 Å². The summed E-state index contributed by atoms with van der Waals surface area (Å²) in [6.45, 7) is 0. The van der Waals surface area contributed by atoms with E-state index in [9.17, 15) is 9.18 Å². The number of halogens is 2. The van der Waals surface area contributed by atoms with E-state index in [-0.39, 0.29) is 11.3 Å². The third kappa shape index (κ3) is 2.78. The maximum Gasteiger partial charge on any atom is 0.257 e. The number of anilines is 2. The second-order valence-electron chi connectivity index (χ2n) is 3.69. The minimum atomic E-state index is -0.509. The van der Waals surface area contributed by atoms with Crippen LogP contribution in [0.2, 0.25) is 5.02 Å². The van der Waals surface area contributed by atoms with Crippen LogP contribution in [-0.2, 0) is 0 Å². The van der Waals surface area contributed by atoms with E-state index in [0.717, 1.165) is 6.07 Å². The number of carbonyl (C=O) groups excluding carboxylic acids is 1. The predicted molar refractivity (Wildman–Crippen MR) is 70.2 cm³/mol. The monoisotopic (exact) mass is 264 g/mol. The third-order valence-corrected chi connectivity index (χ3v) is 2.61. The van der Waals surface area contributed by atoms with E-state index < -0.39 is 11.7 Å². The minimum Gasteiger partial charge on any atom is -0.398 e. The van der Waals surface area contributed by atoms with Crippen LogP contribution >= 0.6 is 11.6 Å². The van der Waals surface area contributed by atoms with Crippen molar-refractivity contribution in [1.82, 2.24) is 0 Å². The van der Waals surface area contributed by atoms with Crippen LogP contribution in [0.3, 0.4) is 0 Å². The average molecular weight is 265 g/mol. The maximum atomic E-state index is 13.0. The molecule has 0 saturated heterocycles. The van der Waals surface area contributed by atoms with Crippen molar-refractivity contribution in [2.24, 2.45) is 0 Å². The van der Waals surface area contributed by atoms with Gasteiger partial charge in [-0.05, 0) is 42.5 Å². The van der Waals surface area contributed by atoms with Gasteiger partial charge in [0.15, 0.2) is 0 Å². The van der Waals surface area contributed by atoms with E-state index >= 15 is 0 Å². The van der Waals surface area contributed by atoms with Gasteiger partial charge in [0.05, 0.1) is 5.56 Å². The average Bonchev–Trinajstić information content (AvgIpc) is 2.35. The first-order valence-electron chi connectivity index (χ1n) is 5.18. The molecule has 3 nitrogen and oxygen atoms in total. The quantitative estimate of drug-likeness (QED) is 0.818. The van der Waals surface area contributed by atoms with E-state index in [4.69, 9.17) is 17.3 Å². The Bertz CT molecular complexity index is 584. The molecule has 0 unspecified atom stereocenters. The van der Waals surface area contributed by atoms with E-state index in [2.05, 4.69) is 5.32 Å². The Balaban J connectivity index is 2.21. The van der Waals surface area contributed by atoms with E-state index in [1.807, 2.05) is 0 Å². The Hall–Kier alpha value is -2.07. The molecule has 2 aromatic rings. The summed E-state index contributed by atoms with van der Waals surface area (Å²) in [4.78, 5) is 11.9. The molecule has 3 N–H and O–H groups in total. The fourth-order valence-corrected chi connectivity index (χ4v) is 1.58. The molecule has 0 aliphatic heterocycles. The van der Waals surface area contributed by atoms with Gasteiger partial charge >= 0.3 is 0 Å². The predicted octanol–water partition coefficient (Wildman–Crippen LogP) is 3.31. The number of nitrogens with two attached hydrogens (primary N) is 1. The number of nitrogens with one attached hydrogen (secondary N) is 1. The van der Waals surface area contributed by atoms with Crippen LogP contribution in [0.5, 0.6) is 0 Å². The van der Waals surface area contributed by atoms with Gasteiger partial charge in [-0.25, -0.2) is 4.39 Å². The van der Waals surface area contributed by atoms with Crippen molar-refractivity contribution in [3.8, 4) is 0 Å².